The average Bonchev–Trinajstić information content (AvgIpc) is 2.86. The van der Waals surface area contributed by atoms with Gasteiger partial charge in [0.15, 0.2) is 28.1 Å². The van der Waals surface area contributed by atoms with Crippen LogP contribution >= 0.6 is 0 Å². The maximum atomic E-state index is 13.8. The lowest BCUT2D eigenvalue weighted by Crippen LogP contribution is -2.53. The molecule has 3 heterocycles. The first-order chi connectivity index (χ1) is 16.7. The van der Waals surface area contributed by atoms with Crippen LogP contribution in [0.5, 0.6) is 0 Å². The van der Waals surface area contributed by atoms with E-state index >= 15 is 0 Å². The van der Waals surface area contributed by atoms with E-state index in [4.69, 9.17) is 14.2 Å². The van der Waals surface area contributed by atoms with E-state index < -0.39 is 44.8 Å². The minimum absolute atomic E-state index is 0.0124. The summed E-state index contributed by atoms with van der Waals surface area (Å²) in [6, 6.07) is 15.8. The van der Waals surface area contributed by atoms with Gasteiger partial charge in [-0.15, -0.1) is 0 Å². The Morgan fingerprint density at radius 1 is 1.00 bits per heavy atom. The van der Waals surface area contributed by atoms with Gasteiger partial charge in [-0.2, -0.15) is 0 Å². The number of sulfone groups is 1. The number of benzene rings is 2. The lowest BCUT2D eigenvalue weighted by Gasteiger charge is -2.42. The van der Waals surface area contributed by atoms with Gasteiger partial charge in [0.25, 0.3) is 5.56 Å². The monoisotopic (exact) mass is 496 g/mol. The molecule has 2 aliphatic rings. The predicted molar refractivity (Wildman–Crippen MR) is 127 cm³/mol. The molecule has 0 saturated carbocycles. The normalized spacial score (nSPS) is 24.2. The van der Waals surface area contributed by atoms with E-state index in [-0.39, 0.29) is 22.9 Å². The van der Waals surface area contributed by atoms with Gasteiger partial charge in [0.05, 0.1) is 11.5 Å². The van der Waals surface area contributed by atoms with Crippen LogP contribution in [0.15, 0.2) is 81.4 Å². The molecule has 4 atom stereocenters. The van der Waals surface area contributed by atoms with Gasteiger partial charge in [0, 0.05) is 17.3 Å². The van der Waals surface area contributed by atoms with Crippen LogP contribution in [-0.2, 0) is 24.0 Å². The first-order valence-corrected chi connectivity index (χ1v) is 12.6. The Hall–Kier alpha value is -3.47. The molecule has 0 bridgehead atoms. The quantitative estimate of drug-likeness (QED) is 0.589. The molecule has 35 heavy (non-hydrogen) atoms. The first kappa shape index (κ1) is 23.3. The molecular formula is C25H24N2O7S. The maximum Gasteiger partial charge on any atom is 0.335 e. The average molecular weight is 497 g/mol. The number of hydrogen-bond donors (Lipinski definition) is 1. The van der Waals surface area contributed by atoms with Crippen LogP contribution in [0, 0.1) is 13.8 Å². The minimum atomic E-state index is -3.95. The molecule has 3 aromatic rings. The highest BCUT2D eigenvalue weighted by Gasteiger charge is 2.48. The largest absolute Gasteiger partial charge is 0.470 e. The van der Waals surface area contributed by atoms with Crippen LogP contribution in [0.1, 0.15) is 23.0 Å². The number of aromatic amines is 1. The number of aromatic nitrogens is 2. The van der Waals surface area contributed by atoms with Crippen LogP contribution in [0.3, 0.4) is 0 Å². The lowest BCUT2D eigenvalue weighted by molar-refractivity contribution is -0.256. The van der Waals surface area contributed by atoms with Crippen molar-refractivity contribution in [2.45, 2.75) is 42.5 Å². The summed E-state index contributed by atoms with van der Waals surface area (Å²) in [7, 11) is -3.95. The standard InChI is InChI=1S/C25H24N2O7S/c1-15-8-10-18(11-9-15)35(30,31)20-12-21(27-13-16(2)23(28)26-25(27)29)33-19-14-32-24(34-22(19)20)17-6-4-3-5-7-17/h3-13,19-20,22,24H,14H2,1-2H3,(H,26,28,29)/t19-,20?,22-,24-/m1/s1. The molecule has 1 N–H and O–H groups in total. The van der Waals surface area contributed by atoms with Crippen LogP contribution < -0.4 is 11.2 Å². The first-order valence-electron chi connectivity index (χ1n) is 11.1. The van der Waals surface area contributed by atoms with Crippen molar-refractivity contribution in [1.29, 1.82) is 0 Å². The van der Waals surface area contributed by atoms with E-state index in [9.17, 15) is 18.0 Å². The Kier molecular flexibility index (Phi) is 5.96. The summed E-state index contributed by atoms with van der Waals surface area (Å²) in [6.45, 7) is 3.45. The molecule has 0 radical (unpaired) electrons. The lowest BCUT2D eigenvalue weighted by atomic mass is 10.1. The van der Waals surface area contributed by atoms with E-state index in [2.05, 4.69) is 4.98 Å². The zero-order valence-electron chi connectivity index (χ0n) is 19.1. The van der Waals surface area contributed by atoms with Crippen molar-refractivity contribution in [2.75, 3.05) is 6.61 Å². The van der Waals surface area contributed by atoms with Crippen LogP contribution in [-0.4, -0.2) is 42.0 Å². The molecule has 0 aliphatic carbocycles. The molecule has 182 valence electrons. The second kappa shape index (κ2) is 8.95. The SMILES string of the molecule is Cc1ccc(S(=O)(=O)C2C=C(n3cc(C)c(=O)[nH]c3=O)O[C@@H]3CO[C@@H](c4ccccc4)O[C@@H]23)cc1. The Balaban J connectivity index is 1.61. The highest BCUT2D eigenvalue weighted by molar-refractivity contribution is 7.92. The molecule has 1 unspecified atom stereocenters. The molecular weight excluding hydrogens is 472 g/mol. The number of rotatable bonds is 4. The van der Waals surface area contributed by atoms with Gasteiger partial charge in [0.2, 0.25) is 0 Å². The highest BCUT2D eigenvalue weighted by Crippen LogP contribution is 2.37. The minimum Gasteiger partial charge on any atom is -0.470 e. The maximum absolute atomic E-state index is 13.8. The summed E-state index contributed by atoms with van der Waals surface area (Å²) in [4.78, 5) is 26.7. The summed E-state index contributed by atoms with van der Waals surface area (Å²) in [6.07, 6.45) is 0.205. The van der Waals surface area contributed by atoms with Crippen molar-refractivity contribution in [3.8, 4) is 0 Å². The molecule has 1 saturated heterocycles. The third-order valence-corrected chi connectivity index (χ3v) is 8.15. The fourth-order valence-corrected chi connectivity index (χ4v) is 5.89. The van der Waals surface area contributed by atoms with Gasteiger partial charge in [-0.25, -0.2) is 17.8 Å². The van der Waals surface area contributed by atoms with E-state index in [1.807, 2.05) is 37.3 Å². The second-order valence-corrected chi connectivity index (χ2v) is 10.7. The topological polar surface area (TPSA) is 117 Å². The van der Waals surface area contributed by atoms with Gasteiger partial charge in [-0.1, -0.05) is 48.0 Å². The molecule has 1 aromatic heterocycles. The highest BCUT2D eigenvalue weighted by atomic mass is 32.2. The Morgan fingerprint density at radius 3 is 2.43 bits per heavy atom. The van der Waals surface area contributed by atoms with E-state index in [0.29, 0.717) is 0 Å². The molecule has 2 aliphatic heterocycles. The van der Waals surface area contributed by atoms with Crippen LogP contribution in [0.4, 0.5) is 0 Å². The summed E-state index contributed by atoms with van der Waals surface area (Å²) in [5.41, 5.74) is 0.678. The van der Waals surface area contributed by atoms with Gasteiger partial charge in [-0.3, -0.25) is 9.78 Å². The van der Waals surface area contributed by atoms with Gasteiger partial charge >= 0.3 is 5.69 Å². The molecule has 2 aromatic carbocycles. The van der Waals surface area contributed by atoms with Crippen LogP contribution in [0.25, 0.3) is 5.88 Å². The Labute approximate surface area is 201 Å². The van der Waals surface area contributed by atoms with Gasteiger partial charge in [0.1, 0.15) is 11.4 Å². The van der Waals surface area contributed by atoms with E-state index in [0.717, 1.165) is 15.7 Å². The summed E-state index contributed by atoms with van der Waals surface area (Å²) < 4.78 is 46.7. The number of ether oxygens (including phenoxy) is 3. The second-order valence-electron chi connectivity index (χ2n) is 8.60. The third-order valence-electron chi connectivity index (χ3n) is 6.10. The van der Waals surface area contributed by atoms with Crippen molar-refractivity contribution in [1.82, 2.24) is 9.55 Å². The smallest absolute Gasteiger partial charge is 0.335 e. The molecule has 5 rings (SSSR count). The summed E-state index contributed by atoms with van der Waals surface area (Å²) in [5.74, 6) is -0.0124. The van der Waals surface area contributed by atoms with Crippen molar-refractivity contribution < 1.29 is 22.6 Å². The summed E-state index contributed by atoms with van der Waals surface area (Å²) >= 11 is 0. The summed E-state index contributed by atoms with van der Waals surface area (Å²) in [5, 5.41) is -1.17. The van der Waals surface area contributed by atoms with Crippen molar-refractivity contribution in [2.24, 2.45) is 0 Å². The van der Waals surface area contributed by atoms with Crippen molar-refractivity contribution in [3.63, 3.8) is 0 Å². The Bertz CT molecular complexity index is 1490. The molecule has 0 amide bonds. The Morgan fingerprint density at radius 2 is 1.71 bits per heavy atom. The van der Waals surface area contributed by atoms with Crippen LogP contribution in [0.2, 0.25) is 0 Å². The number of H-pyrrole nitrogens is 1. The van der Waals surface area contributed by atoms with E-state index in [1.165, 1.54) is 12.3 Å². The fraction of sp³-hybridized carbons (Fsp3) is 0.280. The fourth-order valence-electron chi connectivity index (χ4n) is 4.17. The predicted octanol–water partition coefficient (Wildman–Crippen LogP) is 2.31. The van der Waals surface area contributed by atoms with Gasteiger partial charge in [-0.05, 0) is 32.1 Å². The zero-order chi connectivity index (χ0) is 24.7. The number of nitrogens with one attached hydrogen (secondary N) is 1. The van der Waals surface area contributed by atoms with Gasteiger partial charge < -0.3 is 14.2 Å². The number of nitrogens with zero attached hydrogens (tertiary/aromatic N) is 1. The number of fused-ring (bicyclic) bond motifs is 1. The molecule has 0 spiro atoms. The molecule has 10 heteroatoms. The van der Waals surface area contributed by atoms with Crippen molar-refractivity contribution in [3.05, 3.63) is 104 Å². The number of hydrogen-bond acceptors (Lipinski definition) is 7. The van der Waals surface area contributed by atoms with Crippen molar-refractivity contribution >= 4 is 15.7 Å². The number of aryl methyl sites for hydroxylation is 2. The van der Waals surface area contributed by atoms with E-state index in [1.54, 1.807) is 31.2 Å². The third kappa shape index (κ3) is 4.36. The molecule has 9 nitrogen and oxygen atoms in total. The molecule has 1 fully saturated rings. The zero-order valence-corrected chi connectivity index (χ0v) is 19.9.